The molecule has 1 aliphatic rings. The van der Waals surface area contributed by atoms with E-state index in [0.29, 0.717) is 53.6 Å². The van der Waals surface area contributed by atoms with Gasteiger partial charge < -0.3 is 34.1 Å². The number of benzene rings is 2. The zero-order valence-electron chi connectivity index (χ0n) is 21.3. The molecule has 8 heteroatoms. The highest BCUT2D eigenvalue weighted by molar-refractivity contribution is 6.04. The molecule has 192 valence electrons. The topological polar surface area (TPSA) is 95.5 Å². The maximum Gasteiger partial charge on any atom is 0.203 e. The van der Waals surface area contributed by atoms with Crippen molar-refractivity contribution < 1.29 is 33.6 Å². The van der Waals surface area contributed by atoms with Crippen LogP contribution in [0, 0.1) is 0 Å². The highest BCUT2D eigenvalue weighted by atomic mass is 16.5. The maximum atomic E-state index is 12.5. The highest BCUT2D eigenvalue weighted by Crippen LogP contribution is 2.39. The molecule has 0 aliphatic heterocycles. The lowest BCUT2D eigenvalue weighted by molar-refractivity contribution is 0.104. The Bertz CT molecular complexity index is 1140. The van der Waals surface area contributed by atoms with Gasteiger partial charge in [-0.15, -0.1) is 0 Å². The van der Waals surface area contributed by atoms with Crippen LogP contribution in [-0.4, -0.2) is 52.5 Å². The number of methoxy groups -OCH3 is 5. The summed E-state index contributed by atoms with van der Waals surface area (Å²) in [5.74, 6) is 2.68. The molecule has 0 saturated carbocycles. The zero-order valence-corrected chi connectivity index (χ0v) is 21.3. The third-order valence-electron chi connectivity index (χ3n) is 5.94. The SMILES string of the molecule is COC1=C(O)C=C(CCc2cc(OC)c(OC)c(OC)c2)CC1N/C=C\C(=O)c1cccc(OC)c1. The fourth-order valence-corrected chi connectivity index (χ4v) is 4.11. The minimum absolute atomic E-state index is 0.0636. The monoisotopic (exact) mass is 495 g/mol. The van der Waals surface area contributed by atoms with Gasteiger partial charge in [-0.1, -0.05) is 17.7 Å². The molecule has 0 bridgehead atoms. The Morgan fingerprint density at radius 2 is 1.69 bits per heavy atom. The molecule has 2 aromatic carbocycles. The molecule has 0 saturated heterocycles. The Morgan fingerprint density at radius 1 is 0.972 bits per heavy atom. The van der Waals surface area contributed by atoms with Crippen LogP contribution in [0.25, 0.3) is 0 Å². The van der Waals surface area contributed by atoms with E-state index in [1.807, 2.05) is 12.1 Å². The smallest absolute Gasteiger partial charge is 0.203 e. The number of ketones is 1. The van der Waals surface area contributed by atoms with Gasteiger partial charge in [0, 0.05) is 17.8 Å². The van der Waals surface area contributed by atoms with Crippen LogP contribution in [-0.2, 0) is 11.2 Å². The minimum atomic E-state index is -0.315. The number of allylic oxidation sites excluding steroid dienone is 2. The van der Waals surface area contributed by atoms with Gasteiger partial charge in [0.15, 0.2) is 28.8 Å². The Labute approximate surface area is 211 Å². The molecule has 2 N–H and O–H groups in total. The second kappa shape index (κ2) is 12.6. The van der Waals surface area contributed by atoms with Gasteiger partial charge in [0.25, 0.3) is 0 Å². The zero-order chi connectivity index (χ0) is 26.1. The van der Waals surface area contributed by atoms with Crippen LogP contribution in [0.4, 0.5) is 0 Å². The molecule has 0 amide bonds. The van der Waals surface area contributed by atoms with Gasteiger partial charge in [0.2, 0.25) is 5.75 Å². The summed E-state index contributed by atoms with van der Waals surface area (Å²) in [5, 5.41) is 13.7. The molecule has 1 aliphatic carbocycles. The molecule has 0 aromatic heterocycles. The van der Waals surface area contributed by atoms with E-state index in [1.54, 1.807) is 65.0 Å². The highest BCUT2D eigenvalue weighted by Gasteiger charge is 2.24. The molecule has 1 unspecified atom stereocenters. The first-order valence-corrected chi connectivity index (χ1v) is 11.5. The average Bonchev–Trinajstić information content (AvgIpc) is 2.90. The quantitative estimate of drug-likeness (QED) is 0.322. The lowest BCUT2D eigenvalue weighted by Crippen LogP contribution is -2.31. The fourth-order valence-electron chi connectivity index (χ4n) is 4.11. The molecule has 2 aromatic rings. The summed E-state index contributed by atoms with van der Waals surface area (Å²) in [5.41, 5.74) is 2.57. The number of aliphatic hydroxyl groups is 1. The molecular weight excluding hydrogens is 462 g/mol. The number of nitrogens with one attached hydrogen (secondary N) is 1. The molecule has 3 rings (SSSR count). The second-order valence-corrected chi connectivity index (χ2v) is 8.14. The number of carbonyl (C=O) groups excluding carboxylic acids is 1. The number of carbonyl (C=O) groups is 1. The van der Waals surface area contributed by atoms with Crippen LogP contribution in [0.2, 0.25) is 0 Å². The Morgan fingerprint density at radius 3 is 2.31 bits per heavy atom. The van der Waals surface area contributed by atoms with Crippen LogP contribution in [0.3, 0.4) is 0 Å². The van der Waals surface area contributed by atoms with Crippen molar-refractivity contribution in [1.29, 1.82) is 0 Å². The van der Waals surface area contributed by atoms with E-state index in [2.05, 4.69) is 5.32 Å². The van der Waals surface area contributed by atoms with Crippen LogP contribution < -0.4 is 24.3 Å². The molecule has 8 nitrogen and oxygen atoms in total. The van der Waals surface area contributed by atoms with Crippen molar-refractivity contribution in [2.45, 2.75) is 25.3 Å². The fraction of sp³-hybridized carbons (Fsp3) is 0.321. The van der Waals surface area contributed by atoms with Crippen molar-refractivity contribution in [3.8, 4) is 23.0 Å². The van der Waals surface area contributed by atoms with Crippen molar-refractivity contribution in [3.05, 3.63) is 83.0 Å². The molecule has 0 radical (unpaired) electrons. The van der Waals surface area contributed by atoms with Gasteiger partial charge >= 0.3 is 0 Å². The van der Waals surface area contributed by atoms with Crippen LogP contribution in [0.15, 0.2) is 71.8 Å². The summed E-state index contributed by atoms with van der Waals surface area (Å²) in [6.07, 6.45) is 6.78. The third kappa shape index (κ3) is 6.33. The largest absolute Gasteiger partial charge is 0.504 e. The van der Waals surface area contributed by atoms with E-state index in [4.69, 9.17) is 23.7 Å². The van der Waals surface area contributed by atoms with E-state index in [1.165, 1.54) is 13.2 Å². The van der Waals surface area contributed by atoms with Crippen LogP contribution in [0.5, 0.6) is 23.0 Å². The first kappa shape index (κ1) is 26.5. The number of aliphatic hydroxyl groups excluding tert-OH is 1. The van der Waals surface area contributed by atoms with Gasteiger partial charge in [-0.25, -0.2) is 0 Å². The summed E-state index contributed by atoms with van der Waals surface area (Å²) >= 11 is 0. The summed E-state index contributed by atoms with van der Waals surface area (Å²) < 4.78 is 26.9. The standard InChI is InChI=1S/C28H33NO7/c1-32-21-8-6-7-20(17-21)23(30)11-12-29-22-13-18(14-24(31)27(22)35-4)9-10-19-15-25(33-2)28(36-5)26(16-19)34-3/h6-8,11-12,14-17,22,29,31H,9-10,13H2,1-5H3/b12-11-. The molecular formula is C28H33NO7. The molecule has 0 heterocycles. The van der Waals surface area contributed by atoms with E-state index in [9.17, 15) is 9.90 Å². The van der Waals surface area contributed by atoms with E-state index in [0.717, 1.165) is 11.1 Å². The van der Waals surface area contributed by atoms with Crippen molar-refractivity contribution in [1.82, 2.24) is 5.32 Å². The van der Waals surface area contributed by atoms with Crippen LogP contribution in [0.1, 0.15) is 28.8 Å². The molecule has 36 heavy (non-hydrogen) atoms. The number of hydrogen-bond donors (Lipinski definition) is 2. The second-order valence-electron chi connectivity index (χ2n) is 8.14. The first-order chi connectivity index (χ1) is 17.4. The average molecular weight is 496 g/mol. The first-order valence-electron chi connectivity index (χ1n) is 11.5. The van der Waals surface area contributed by atoms with E-state index < -0.39 is 0 Å². The van der Waals surface area contributed by atoms with Gasteiger partial charge in [-0.3, -0.25) is 4.79 Å². The van der Waals surface area contributed by atoms with Crippen molar-refractivity contribution in [3.63, 3.8) is 0 Å². The van der Waals surface area contributed by atoms with Crippen molar-refractivity contribution >= 4 is 5.78 Å². The number of rotatable bonds is 12. The molecule has 0 fully saturated rings. The number of ether oxygens (including phenoxy) is 5. The lowest BCUT2D eigenvalue weighted by Gasteiger charge is -2.26. The summed E-state index contributed by atoms with van der Waals surface area (Å²) in [4.78, 5) is 12.5. The minimum Gasteiger partial charge on any atom is -0.504 e. The van der Waals surface area contributed by atoms with Crippen LogP contribution >= 0.6 is 0 Å². The van der Waals surface area contributed by atoms with Gasteiger partial charge in [-0.05, 0) is 55.2 Å². The van der Waals surface area contributed by atoms with Gasteiger partial charge in [0.1, 0.15) is 5.75 Å². The van der Waals surface area contributed by atoms with Gasteiger partial charge in [0.05, 0.1) is 41.6 Å². The third-order valence-corrected chi connectivity index (χ3v) is 5.94. The molecule has 0 spiro atoms. The Balaban J connectivity index is 1.69. The van der Waals surface area contributed by atoms with Gasteiger partial charge in [-0.2, -0.15) is 0 Å². The van der Waals surface area contributed by atoms with Crippen molar-refractivity contribution in [2.24, 2.45) is 0 Å². The van der Waals surface area contributed by atoms with Crippen molar-refractivity contribution in [2.75, 3.05) is 35.5 Å². The summed E-state index contributed by atoms with van der Waals surface area (Å²) in [6.45, 7) is 0. The Kier molecular flexibility index (Phi) is 9.27. The Hall–Kier alpha value is -4.07. The maximum absolute atomic E-state index is 12.5. The summed E-state index contributed by atoms with van der Waals surface area (Å²) in [6, 6.07) is 10.5. The van der Waals surface area contributed by atoms with E-state index in [-0.39, 0.29) is 17.6 Å². The number of hydrogen-bond acceptors (Lipinski definition) is 8. The lowest BCUT2D eigenvalue weighted by atomic mass is 9.92. The predicted octanol–water partition coefficient (Wildman–Crippen LogP) is 4.75. The predicted molar refractivity (Wildman–Crippen MR) is 137 cm³/mol. The number of aryl methyl sites for hydroxylation is 1. The normalized spacial score (nSPS) is 15.4. The van der Waals surface area contributed by atoms with E-state index >= 15 is 0 Å². The summed E-state index contributed by atoms with van der Waals surface area (Å²) in [7, 11) is 7.81. The molecule has 1 atom stereocenters.